The van der Waals surface area contributed by atoms with Gasteiger partial charge in [0, 0.05) is 10.2 Å². The Morgan fingerprint density at radius 3 is 2.48 bits per heavy atom. The Bertz CT molecular complexity index is 1630. The van der Waals surface area contributed by atoms with Crippen LogP contribution in [0.4, 0.5) is 20.6 Å². The second-order valence-corrected chi connectivity index (χ2v) is 11.4. The summed E-state index contributed by atoms with van der Waals surface area (Å²) in [5, 5.41) is 4.48. The van der Waals surface area contributed by atoms with Crippen LogP contribution in [0.15, 0.2) is 57.9 Å². The predicted octanol–water partition coefficient (Wildman–Crippen LogP) is 6.56. The molecule has 0 aliphatic carbocycles. The lowest BCUT2D eigenvalue weighted by Gasteiger charge is -2.13. The molecule has 4 amide bonds. The molecular formula is C29H24BrClFN3O6S. The third kappa shape index (κ3) is 7.50. The van der Waals surface area contributed by atoms with E-state index in [9.17, 15) is 23.6 Å². The molecule has 218 valence electrons. The minimum absolute atomic E-state index is 0.103. The highest BCUT2D eigenvalue weighted by Crippen LogP contribution is 2.35. The molecule has 1 aliphatic heterocycles. The van der Waals surface area contributed by atoms with Crippen LogP contribution >= 0.6 is 39.3 Å². The number of anilines is 2. The van der Waals surface area contributed by atoms with Crippen molar-refractivity contribution in [3.8, 4) is 11.5 Å². The number of hydrogen-bond donors (Lipinski definition) is 2. The van der Waals surface area contributed by atoms with Gasteiger partial charge in [0.25, 0.3) is 17.1 Å². The lowest BCUT2D eigenvalue weighted by atomic mass is 10.1. The molecule has 0 bridgehead atoms. The summed E-state index contributed by atoms with van der Waals surface area (Å²) in [5.41, 5.74) is 3.49. The number of aryl methyl sites for hydroxylation is 2. The van der Waals surface area contributed by atoms with Crippen molar-refractivity contribution in [1.29, 1.82) is 0 Å². The Kier molecular flexibility index (Phi) is 9.92. The van der Waals surface area contributed by atoms with Crippen LogP contribution in [0.3, 0.4) is 0 Å². The van der Waals surface area contributed by atoms with Gasteiger partial charge < -0.3 is 20.1 Å². The number of nitrogens with zero attached hydrogens (tertiary/aromatic N) is 1. The smallest absolute Gasteiger partial charge is 0.294 e. The van der Waals surface area contributed by atoms with Crippen LogP contribution in [0.5, 0.6) is 11.5 Å². The first-order chi connectivity index (χ1) is 19.9. The third-order valence-corrected chi connectivity index (χ3v) is 7.93. The standard InChI is InChI=1S/C29H24BrClFN3O6S/c1-15-8-19(30)22(9-16(15)2)34-27(37)14-41-23-7-4-17(10-24(23)40-3)11-25-28(38)35(29(39)42-25)13-26(36)33-18-5-6-21(32)20(31)12-18/h4-12H,13-14H2,1-3H3,(H,33,36)(H,34,37)/b25-11+. The van der Waals surface area contributed by atoms with E-state index in [0.717, 1.165) is 26.6 Å². The van der Waals surface area contributed by atoms with Crippen LogP contribution in [0.1, 0.15) is 16.7 Å². The molecule has 0 aromatic heterocycles. The lowest BCUT2D eigenvalue weighted by Crippen LogP contribution is -2.36. The molecule has 0 unspecified atom stereocenters. The van der Waals surface area contributed by atoms with Crippen molar-refractivity contribution >= 4 is 79.7 Å². The van der Waals surface area contributed by atoms with Gasteiger partial charge in [0.05, 0.1) is 22.7 Å². The van der Waals surface area contributed by atoms with Crippen molar-refractivity contribution in [1.82, 2.24) is 4.90 Å². The van der Waals surface area contributed by atoms with Crippen LogP contribution in [0.2, 0.25) is 5.02 Å². The number of nitrogens with one attached hydrogen (secondary N) is 2. The van der Waals surface area contributed by atoms with E-state index < -0.39 is 29.4 Å². The van der Waals surface area contributed by atoms with Crippen LogP contribution in [0, 0.1) is 19.7 Å². The summed E-state index contributed by atoms with van der Waals surface area (Å²) in [7, 11) is 1.43. The molecule has 3 aromatic rings. The monoisotopic (exact) mass is 675 g/mol. The minimum atomic E-state index is -0.654. The second kappa shape index (κ2) is 13.4. The van der Waals surface area contributed by atoms with Crippen molar-refractivity contribution in [3.05, 3.63) is 85.4 Å². The largest absolute Gasteiger partial charge is 0.493 e. The molecule has 9 nitrogen and oxygen atoms in total. The molecule has 0 atom stereocenters. The molecule has 0 spiro atoms. The number of methoxy groups -OCH3 is 1. The van der Waals surface area contributed by atoms with Gasteiger partial charge in [-0.1, -0.05) is 17.7 Å². The van der Waals surface area contributed by atoms with Crippen LogP contribution in [-0.2, 0) is 14.4 Å². The number of hydrogen-bond acceptors (Lipinski definition) is 7. The zero-order chi connectivity index (χ0) is 30.6. The average Bonchev–Trinajstić information content (AvgIpc) is 3.20. The van der Waals surface area contributed by atoms with E-state index in [4.69, 9.17) is 21.1 Å². The highest BCUT2D eigenvalue weighted by Gasteiger charge is 2.36. The van der Waals surface area contributed by atoms with Gasteiger partial charge in [0.1, 0.15) is 12.4 Å². The first-order valence-electron chi connectivity index (χ1n) is 12.3. The molecular weight excluding hydrogens is 653 g/mol. The van der Waals surface area contributed by atoms with Crippen LogP contribution in [-0.4, -0.2) is 48.1 Å². The van der Waals surface area contributed by atoms with Crippen molar-refractivity contribution in [2.75, 3.05) is 30.9 Å². The molecule has 1 heterocycles. The van der Waals surface area contributed by atoms with Gasteiger partial charge in [-0.05, 0) is 107 Å². The highest BCUT2D eigenvalue weighted by atomic mass is 79.9. The van der Waals surface area contributed by atoms with Gasteiger partial charge in [-0.3, -0.25) is 24.1 Å². The number of imide groups is 1. The molecule has 1 aliphatic rings. The molecule has 2 N–H and O–H groups in total. The van der Waals surface area contributed by atoms with Crippen molar-refractivity contribution in [2.45, 2.75) is 13.8 Å². The van der Waals surface area contributed by atoms with E-state index in [1.807, 2.05) is 26.0 Å². The van der Waals surface area contributed by atoms with Gasteiger partial charge >= 0.3 is 0 Å². The fraction of sp³-hybridized carbons (Fsp3) is 0.172. The maximum absolute atomic E-state index is 13.4. The Balaban J connectivity index is 1.38. The zero-order valence-corrected chi connectivity index (χ0v) is 25.7. The van der Waals surface area contributed by atoms with Gasteiger partial charge in [-0.2, -0.15) is 0 Å². The normalized spacial score (nSPS) is 13.9. The molecule has 0 radical (unpaired) electrons. The number of halogens is 3. The summed E-state index contributed by atoms with van der Waals surface area (Å²) >= 11 is 9.86. The van der Waals surface area contributed by atoms with E-state index >= 15 is 0 Å². The Morgan fingerprint density at radius 1 is 1.02 bits per heavy atom. The molecule has 13 heteroatoms. The minimum Gasteiger partial charge on any atom is -0.493 e. The SMILES string of the molecule is COc1cc(/C=C2/SC(=O)N(CC(=O)Nc3ccc(F)c(Cl)c3)C2=O)ccc1OCC(=O)Nc1cc(C)c(C)cc1Br. The van der Waals surface area contributed by atoms with Gasteiger partial charge in [-0.25, -0.2) is 4.39 Å². The second-order valence-electron chi connectivity index (χ2n) is 9.11. The highest BCUT2D eigenvalue weighted by molar-refractivity contribution is 9.10. The van der Waals surface area contributed by atoms with Crippen molar-refractivity contribution in [3.63, 3.8) is 0 Å². The van der Waals surface area contributed by atoms with Crippen molar-refractivity contribution < 1.29 is 33.0 Å². The number of ether oxygens (including phenoxy) is 2. The first-order valence-corrected chi connectivity index (χ1v) is 14.3. The molecule has 0 saturated carbocycles. The summed E-state index contributed by atoms with van der Waals surface area (Å²) in [6.45, 7) is 3.11. The summed E-state index contributed by atoms with van der Waals surface area (Å²) in [5.74, 6) is -1.71. The molecule has 3 aromatic carbocycles. The number of rotatable bonds is 9. The summed E-state index contributed by atoms with van der Waals surface area (Å²) in [6.07, 6.45) is 1.48. The number of amides is 4. The van der Waals surface area contributed by atoms with Crippen molar-refractivity contribution in [2.24, 2.45) is 0 Å². The molecule has 4 rings (SSSR count). The van der Waals surface area contributed by atoms with E-state index in [1.54, 1.807) is 18.2 Å². The Labute approximate surface area is 258 Å². The molecule has 42 heavy (non-hydrogen) atoms. The maximum atomic E-state index is 13.4. The number of carbonyl (C=O) groups excluding carboxylic acids is 4. The summed E-state index contributed by atoms with van der Waals surface area (Å²) < 4.78 is 25.2. The quantitative estimate of drug-likeness (QED) is 0.247. The predicted molar refractivity (Wildman–Crippen MR) is 163 cm³/mol. The maximum Gasteiger partial charge on any atom is 0.294 e. The average molecular weight is 677 g/mol. The number of thioether (sulfide) groups is 1. The Morgan fingerprint density at radius 2 is 1.76 bits per heavy atom. The van der Waals surface area contributed by atoms with E-state index in [2.05, 4.69) is 26.6 Å². The summed E-state index contributed by atoms with van der Waals surface area (Å²) in [6, 6.07) is 12.2. The van der Waals surface area contributed by atoms with Crippen LogP contribution < -0.4 is 20.1 Å². The number of benzene rings is 3. The molecule has 1 saturated heterocycles. The fourth-order valence-electron chi connectivity index (χ4n) is 3.81. The van der Waals surface area contributed by atoms with Gasteiger partial charge in [0.15, 0.2) is 18.1 Å². The topological polar surface area (TPSA) is 114 Å². The zero-order valence-electron chi connectivity index (χ0n) is 22.5. The van der Waals surface area contributed by atoms with E-state index in [1.165, 1.54) is 25.3 Å². The van der Waals surface area contributed by atoms with E-state index in [-0.39, 0.29) is 28.1 Å². The lowest BCUT2D eigenvalue weighted by molar-refractivity contribution is -0.127. The fourth-order valence-corrected chi connectivity index (χ4v) is 5.38. The van der Waals surface area contributed by atoms with Gasteiger partial charge in [-0.15, -0.1) is 0 Å². The summed E-state index contributed by atoms with van der Waals surface area (Å²) in [4.78, 5) is 51.2. The van der Waals surface area contributed by atoms with Gasteiger partial charge in [0.2, 0.25) is 5.91 Å². The third-order valence-electron chi connectivity index (χ3n) is 6.08. The molecule has 1 fully saturated rings. The number of carbonyl (C=O) groups is 4. The van der Waals surface area contributed by atoms with Crippen LogP contribution in [0.25, 0.3) is 6.08 Å². The first kappa shape index (κ1) is 31.1. The van der Waals surface area contributed by atoms with E-state index in [0.29, 0.717) is 34.5 Å². The Hall–Kier alpha value is -3.87.